The number of hydrogen-bond donors (Lipinski definition) is 2. The predicted octanol–water partition coefficient (Wildman–Crippen LogP) is 1.49. The largest absolute Gasteiger partial charge is 0.353 e. The lowest BCUT2D eigenvalue weighted by molar-refractivity contribution is -0.122. The maximum Gasteiger partial charge on any atom is 0.221 e. The summed E-state index contributed by atoms with van der Waals surface area (Å²) in [5.74, 6) is 0.182. The lowest BCUT2D eigenvalue weighted by atomic mass is 9.78. The molecule has 0 spiro atoms. The molecule has 3 N–H and O–H groups in total. The van der Waals surface area contributed by atoms with Crippen LogP contribution in [0.15, 0.2) is 0 Å². The van der Waals surface area contributed by atoms with Crippen LogP contribution in [0.2, 0.25) is 0 Å². The third kappa shape index (κ3) is 4.18. The minimum atomic E-state index is 0.182. The Hall–Kier alpha value is -0.610. The quantitative estimate of drug-likeness (QED) is 0.766. The zero-order valence-corrected chi connectivity index (χ0v) is 12.5. The van der Waals surface area contributed by atoms with Gasteiger partial charge in [-0.2, -0.15) is 0 Å². The molecule has 0 aromatic heterocycles. The Bertz CT molecular complexity index is 307. The van der Waals surface area contributed by atoms with Crippen molar-refractivity contribution in [2.24, 2.45) is 11.1 Å². The van der Waals surface area contributed by atoms with Crippen LogP contribution in [0.25, 0.3) is 0 Å². The third-order valence-corrected chi connectivity index (χ3v) is 5.01. The van der Waals surface area contributed by atoms with Crippen LogP contribution in [-0.4, -0.2) is 42.5 Å². The highest BCUT2D eigenvalue weighted by Gasteiger charge is 2.32. The monoisotopic (exact) mass is 267 g/mol. The van der Waals surface area contributed by atoms with Crippen LogP contribution in [0.4, 0.5) is 0 Å². The highest BCUT2D eigenvalue weighted by molar-refractivity contribution is 5.77. The molecule has 0 radical (unpaired) electrons. The number of nitrogens with one attached hydrogen (secondary N) is 1. The fourth-order valence-corrected chi connectivity index (χ4v) is 2.87. The Morgan fingerprint density at radius 1 is 1.42 bits per heavy atom. The molecule has 2 aliphatic rings. The summed E-state index contributed by atoms with van der Waals surface area (Å²) in [6, 6.07) is 0.677. The predicted molar refractivity (Wildman–Crippen MR) is 77.8 cm³/mol. The van der Waals surface area contributed by atoms with Gasteiger partial charge in [-0.05, 0) is 44.2 Å². The molecule has 1 heterocycles. The second kappa shape index (κ2) is 6.23. The summed E-state index contributed by atoms with van der Waals surface area (Å²) in [5.41, 5.74) is 6.37. The van der Waals surface area contributed by atoms with Crippen molar-refractivity contribution in [2.45, 2.75) is 64.5 Å². The number of piperidine rings is 1. The lowest BCUT2D eigenvalue weighted by Crippen LogP contribution is -2.49. The first-order valence-electron chi connectivity index (χ1n) is 7.80. The fourth-order valence-electron chi connectivity index (χ4n) is 2.87. The van der Waals surface area contributed by atoms with E-state index in [0.717, 1.165) is 25.9 Å². The van der Waals surface area contributed by atoms with Crippen molar-refractivity contribution in [1.29, 1.82) is 0 Å². The number of likely N-dealkylation sites (tertiary alicyclic amines) is 1. The van der Waals surface area contributed by atoms with Crippen LogP contribution >= 0.6 is 0 Å². The van der Waals surface area contributed by atoms with E-state index >= 15 is 0 Å². The number of nitrogens with two attached hydrogens (primary N) is 1. The molecular formula is C15H29N3O. The van der Waals surface area contributed by atoms with Gasteiger partial charge in [0, 0.05) is 25.0 Å². The molecule has 1 aliphatic carbocycles. The molecule has 0 aromatic rings. The van der Waals surface area contributed by atoms with Crippen molar-refractivity contribution < 1.29 is 4.79 Å². The number of amides is 1. The number of carbonyl (C=O) groups is 1. The minimum absolute atomic E-state index is 0.182. The molecule has 0 bridgehead atoms. The van der Waals surface area contributed by atoms with E-state index in [0.29, 0.717) is 24.4 Å². The van der Waals surface area contributed by atoms with Gasteiger partial charge in [0.2, 0.25) is 5.91 Å². The second-order valence-electron chi connectivity index (χ2n) is 6.64. The Balaban J connectivity index is 1.79. The van der Waals surface area contributed by atoms with Gasteiger partial charge in [0.1, 0.15) is 0 Å². The normalized spacial score (nSPS) is 25.0. The highest BCUT2D eigenvalue weighted by Crippen LogP contribution is 2.34. The first-order chi connectivity index (χ1) is 9.06. The average Bonchev–Trinajstić information content (AvgIpc) is 3.21. The van der Waals surface area contributed by atoms with Crippen molar-refractivity contribution in [1.82, 2.24) is 10.2 Å². The van der Waals surface area contributed by atoms with Gasteiger partial charge in [-0.25, -0.2) is 0 Å². The molecular weight excluding hydrogens is 238 g/mol. The Kier molecular flexibility index (Phi) is 4.85. The fraction of sp³-hybridized carbons (Fsp3) is 0.933. The van der Waals surface area contributed by atoms with Crippen molar-refractivity contribution in [3.63, 3.8) is 0 Å². The van der Waals surface area contributed by atoms with E-state index in [1.165, 1.54) is 19.3 Å². The van der Waals surface area contributed by atoms with E-state index in [4.69, 9.17) is 5.73 Å². The Morgan fingerprint density at radius 2 is 2.05 bits per heavy atom. The molecule has 4 heteroatoms. The molecule has 1 aliphatic heterocycles. The SMILES string of the molecule is CCC1(C)CCN(C(CN)CC(=O)NC2CC2)CC1. The van der Waals surface area contributed by atoms with Crippen LogP contribution in [0.1, 0.15) is 52.4 Å². The van der Waals surface area contributed by atoms with Gasteiger partial charge in [-0.15, -0.1) is 0 Å². The first kappa shape index (κ1) is 14.8. The van der Waals surface area contributed by atoms with Crippen molar-refractivity contribution in [2.75, 3.05) is 19.6 Å². The molecule has 110 valence electrons. The van der Waals surface area contributed by atoms with Gasteiger partial charge in [0.05, 0.1) is 0 Å². The van der Waals surface area contributed by atoms with E-state index in [-0.39, 0.29) is 11.9 Å². The maximum atomic E-state index is 11.9. The van der Waals surface area contributed by atoms with E-state index in [1.54, 1.807) is 0 Å². The molecule has 2 rings (SSSR count). The summed E-state index contributed by atoms with van der Waals surface area (Å²) in [5, 5.41) is 3.06. The van der Waals surface area contributed by atoms with Gasteiger partial charge in [-0.3, -0.25) is 9.69 Å². The third-order valence-electron chi connectivity index (χ3n) is 5.01. The molecule has 1 saturated carbocycles. The molecule has 1 amide bonds. The molecule has 0 aromatic carbocycles. The van der Waals surface area contributed by atoms with Crippen LogP contribution < -0.4 is 11.1 Å². The van der Waals surface area contributed by atoms with Crippen molar-refractivity contribution in [3.05, 3.63) is 0 Å². The van der Waals surface area contributed by atoms with Crippen LogP contribution in [-0.2, 0) is 4.79 Å². The van der Waals surface area contributed by atoms with Crippen LogP contribution in [0, 0.1) is 5.41 Å². The number of nitrogens with zero attached hydrogens (tertiary/aromatic N) is 1. The second-order valence-corrected chi connectivity index (χ2v) is 6.64. The van der Waals surface area contributed by atoms with Gasteiger partial charge in [0.15, 0.2) is 0 Å². The summed E-state index contributed by atoms with van der Waals surface area (Å²) in [6.07, 6.45) is 6.57. The van der Waals surface area contributed by atoms with E-state index in [2.05, 4.69) is 24.1 Å². The minimum Gasteiger partial charge on any atom is -0.353 e. The van der Waals surface area contributed by atoms with Crippen molar-refractivity contribution >= 4 is 5.91 Å². The van der Waals surface area contributed by atoms with Gasteiger partial charge in [0.25, 0.3) is 0 Å². The lowest BCUT2D eigenvalue weighted by Gasteiger charge is -2.42. The summed E-state index contributed by atoms with van der Waals surface area (Å²) in [7, 11) is 0. The smallest absolute Gasteiger partial charge is 0.221 e. The van der Waals surface area contributed by atoms with E-state index < -0.39 is 0 Å². The van der Waals surface area contributed by atoms with Crippen molar-refractivity contribution in [3.8, 4) is 0 Å². The number of carbonyl (C=O) groups excluding carboxylic acids is 1. The topological polar surface area (TPSA) is 58.4 Å². The zero-order chi connectivity index (χ0) is 13.9. The van der Waals surface area contributed by atoms with E-state index in [9.17, 15) is 4.79 Å². The molecule has 1 unspecified atom stereocenters. The number of rotatable bonds is 6. The molecule has 1 saturated heterocycles. The molecule has 1 atom stereocenters. The summed E-state index contributed by atoms with van der Waals surface area (Å²) < 4.78 is 0. The van der Waals surface area contributed by atoms with E-state index in [1.807, 2.05) is 0 Å². The Morgan fingerprint density at radius 3 is 2.53 bits per heavy atom. The molecule has 2 fully saturated rings. The first-order valence-corrected chi connectivity index (χ1v) is 7.80. The van der Waals surface area contributed by atoms with Gasteiger partial charge in [-0.1, -0.05) is 20.3 Å². The summed E-state index contributed by atoms with van der Waals surface area (Å²) in [4.78, 5) is 14.3. The highest BCUT2D eigenvalue weighted by atomic mass is 16.1. The van der Waals surface area contributed by atoms with Crippen LogP contribution in [0.3, 0.4) is 0 Å². The average molecular weight is 267 g/mol. The number of hydrogen-bond acceptors (Lipinski definition) is 3. The molecule has 4 nitrogen and oxygen atoms in total. The van der Waals surface area contributed by atoms with Gasteiger partial charge >= 0.3 is 0 Å². The standard InChI is InChI=1S/C15H29N3O/c1-3-15(2)6-8-18(9-7-15)13(11-16)10-14(19)17-12-4-5-12/h12-13H,3-11,16H2,1-2H3,(H,17,19). The summed E-state index contributed by atoms with van der Waals surface area (Å²) >= 11 is 0. The zero-order valence-electron chi connectivity index (χ0n) is 12.5. The maximum absolute atomic E-state index is 11.9. The van der Waals surface area contributed by atoms with Crippen LogP contribution in [0.5, 0.6) is 0 Å². The Labute approximate surface area is 117 Å². The summed E-state index contributed by atoms with van der Waals surface area (Å²) in [6.45, 7) is 7.41. The molecule has 19 heavy (non-hydrogen) atoms. The van der Waals surface area contributed by atoms with Gasteiger partial charge < -0.3 is 11.1 Å².